The van der Waals surface area contributed by atoms with E-state index in [1.165, 1.54) is 0 Å². The van der Waals surface area contributed by atoms with Gasteiger partial charge in [0.25, 0.3) is 5.82 Å². The van der Waals surface area contributed by atoms with E-state index < -0.39 is 11.8 Å². The molecule has 0 aliphatic rings. The minimum absolute atomic E-state index is 0.141. The van der Waals surface area contributed by atoms with Crippen molar-refractivity contribution in [1.29, 1.82) is 0 Å². The Morgan fingerprint density at radius 1 is 1.80 bits per heavy atom. The van der Waals surface area contributed by atoms with Crippen molar-refractivity contribution >= 4 is 18.7 Å². The monoisotopic (exact) mass is 141 g/mol. The number of carbonyl (C=O) groups is 1. The van der Waals surface area contributed by atoms with Crippen LogP contribution < -0.4 is 0 Å². The quantitative estimate of drug-likeness (QED) is 0.590. The summed E-state index contributed by atoms with van der Waals surface area (Å²) in [4.78, 5) is 16.6. The number of aliphatic imine (C=N–C) groups is 1. The Bertz CT molecular complexity index is 266. The first-order valence-electron chi connectivity index (χ1n) is 2.28. The summed E-state index contributed by atoms with van der Waals surface area (Å²) in [7, 11) is 0. The van der Waals surface area contributed by atoms with Gasteiger partial charge in [0.15, 0.2) is 0 Å². The van der Waals surface area contributed by atoms with E-state index in [1.54, 1.807) is 0 Å². The number of rotatable bonds is 2. The predicted octanol–water partition coefficient (Wildman–Crippen LogP) is 0.0999. The minimum atomic E-state index is -1.25. The zero-order valence-corrected chi connectivity index (χ0v) is 4.81. The van der Waals surface area contributed by atoms with E-state index in [0.29, 0.717) is 0 Å². The van der Waals surface area contributed by atoms with E-state index in [0.717, 1.165) is 0 Å². The van der Waals surface area contributed by atoms with Crippen LogP contribution in [0.2, 0.25) is 0 Å². The van der Waals surface area contributed by atoms with E-state index in [1.807, 2.05) is 0 Å². The molecule has 0 aromatic carbocycles. The summed E-state index contributed by atoms with van der Waals surface area (Å²) in [5.74, 6) is -1.67. The molecule has 0 radical (unpaired) electrons. The molecule has 0 aliphatic heterocycles. The summed E-state index contributed by atoms with van der Waals surface area (Å²) in [5.41, 5.74) is 0. The number of hydrogen-bond donors (Lipinski definition) is 1. The van der Waals surface area contributed by atoms with E-state index >= 15 is 0 Å². The smallest absolute Gasteiger partial charge is 0.377 e. The Morgan fingerprint density at radius 2 is 2.50 bits per heavy atom. The summed E-state index contributed by atoms with van der Waals surface area (Å²) in [6.45, 7) is 3.06. The maximum atomic E-state index is 10.1. The van der Waals surface area contributed by atoms with Crippen LogP contribution in [0.3, 0.4) is 0 Å². The van der Waals surface area contributed by atoms with Gasteiger partial charge in [-0.3, -0.25) is 0 Å². The minimum Gasteiger partial charge on any atom is -0.475 e. The molecule has 6 nitrogen and oxygen atoms in total. The van der Waals surface area contributed by atoms with Gasteiger partial charge in [-0.05, 0) is 11.9 Å². The van der Waals surface area contributed by atoms with Crippen molar-refractivity contribution in [2.45, 2.75) is 0 Å². The lowest BCUT2D eigenvalue weighted by molar-refractivity contribution is 0.0680. The molecule has 52 valence electrons. The Balaban J connectivity index is 2.98. The number of hydrogen-bond acceptors (Lipinski definition) is 5. The second-order valence-electron chi connectivity index (χ2n) is 1.36. The molecular weight excluding hydrogens is 138 g/mol. The van der Waals surface area contributed by atoms with Gasteiger partial charge in [0.2, 0.25) is 0 Å². The van der Waals surface area contributed by atoms with Crippen molar-refractivity contribution in [2.24, 2.45) is 4.99 Å². The van der Waals surface area contributed by atoms with Crippen LogP contribution in [-0.4, -0.2) is 27.9 Å². The third kappa shape index (κ3) is 0.993. The first-order chi connectivity index (χ1) is 4.74. The number of nitrogens with zero attached hydrogens (tertiary/aromatic N) is 3. The third-order valence-electron chi connectivity index (χ3n) is 0.742. The number of carboxylic acid groups (broad SMARTS) is 1. The molecule has 1 aromatic heterocycles. The van der Waals surface area contributed by atoms with Gasteiger partial charge in [-0.25, -0.2) is 9.79 Å². The highest BCUT2D eigenvalue weighted by Gasteiger charge is 2.10. The standard InChI is InChI=1S/C4H3N3O3/c1-5-4-6-2(3(8)9)7-10-4/h1H2,(H,8,9). The van der Waals surface area contributed by atoms with Crippen LogP contribution in [0.15, 0.2) is 9.52 Å². The van der Waals surface area contributed by atoms with Gasteiger partial charge in [-0.2, -0.15) is 4.98 Å². The number of aromatic nitrogens is 2. The van der Waals surface area contributed by atoms with Crippen LogP contribution in [-0.2, 0) is 0 Å². The summed E-state index contributed by atoms with van der Waals surface area (Å²) in [6, 6.07) is -0.141. The van der Waals surface area contributed by atoms with Crippen molar-refractivity contribution in [3.8, 4) is 0 Å². The van der Waals surface area contributed by atoms with Crippen LogP contribution >= 0.6 is 0 Å². The van der Waals surface area contributed by atoms with Crippen LogP contribution in [0.5, 0.6) is 0 Å². The van der Waals surface area contributed by atoms with Crippen molar-refractivity contribution in [1.82, 2.24) is 10.1 Å². The summed E-state index contributed by atoms with van der Waals surface area (Å²) >= 11 is 0. The summed E-state index contributed by atoms with van der Waals surface area (Å²) in [5, 5.41) is 11.3. The van der Waals surface area contributed by atoms with Crippen molar-refractivity contribution < 1.29 is 14.4 Å². The van der Waals surface area contributed by atoms with Gasteiger partial charge in [0, 0.05) is 0 Å². The molecule has 0 amide bonds. The zero-order chi connectivity index (χ0) is 7.56. The molecule has 6 heteroatoms. The fraction of sp³-hybridized carbons (Fsp3) is 0. The molecular formula is C4H3N3O3. The molecule has 0 fully saturated rings. The van der Waals surface area contributed by atoms with Gasteiger partial charge >= 0.3 is 12.0 Å². The molecule has 0 spiro atoms. The van der Waals surface area contributed by atoms with Crippen molar-refractivity contribution in [2.75, 3.05) is 0 Å². The zero-order valence-electron chi connectivity index (χ0n) is 4.81. The molecule has 0 saturated carbocycles. The molecule has 1 N–H and O–H groups in total. The number of aromatic carboxylic acids is 1. The second-order valence-corrected chi connectivity index (χ2v) is 1.36. The second kappa shape index (κ2) is 2.26. The lowest BCUT2D eigenvalue weighted by atomic mass is 10.6. The van der Waals surface area contributed by atoms with Gasteiger partial charge < -0.3 is 9.63 Å². The third-order valence-corrected chi connectivity index (χ3v) is 0.742. The van der Waals surface area contributed by atoms with E-state index in [4.69, 9.17) is 5.11 Å². The molecule has 1 rings (SSSR count). The molecule has 0 saturated heterocycles. The molecule has 0 aliphatic carbocycles. The fourth-order valence-electron chi connectivity index (χ4n) is 0.367. The van der Waals surface area contributed by atoms with E-state index in [-0.39, 0.29) is 6.01 Å². The molecule has 0 atom stereocenters. The average molecular weight is 141 g/mol. The van der Waals surface area contributed by atoms with Crippen LogP contribution in [0.1, 0.15) is 10.6 Å². The topological polar surface area (TPSA) is 88.6 Å². The van der Waals surface area contributed by atoms with Gasteiger partial charge in [0.1, 0.15) is 0 Å². The fourth-order valence-corrected chi connectivity index (χ4v) is 0.367. The lowest BCUT2D eigenvalue weighted by Crippen LogP contribution is -1.97. The highest BCUT2D eigenvalue weighted by Crippen LogP contribution is 2.04. The maximum Gasteiger partial charge on any atom is 0.377 e. The van der Waals surface area contributed by atoms with E-state index in [9.17, 15) is 4.79 Å². The first-order valence-corrected chi connectivity index (χ1v) is 2.28. The highest BCUT2D eigenvalue weighted by atomic mass is 16.5. The Hall–Kier alpha value is -1.72. The van der Waals surface area contributed by atoms with Crippen LogP contribution in [0, 0.1) is 0 Å². The Labute approximate surface area is 55.2 Å². The Morgan fingerprint density at radius 3 is 2.80 bits per heavy atom. The van der Waals surface area contributed by atoms with Gasteiger partial charge in [0.05, 0.1) is 0 Å². The first kappa shape index (κ1) is 6.40. The van der Waals surface area contributed by atoms with Crippen LogP contribution in [0.4, 0.5) is 6.01 Å². The maximum absolute atomic E-state index is 10.1. The summed E-state index contributed by atoms with van der Waals surface area (Å²) < 4.78 is 4.30. The molecule has 1 aromatic rings. The van der Waals surface area contributed by atoms with E-state index in [2.05, 4.69) is 26.4 Å². The predicted molar refractivity (Wildman–Crippen MR) is 30.5 cm³/mol. The van der Waals surface area contributed by atoms with Crippen LogP contribution in [0.25, 0.3) is 0 Å². The molecule has 10 heavy (non-hydrogen) atoms. The molecule has 1 heterocycles. The van der Waals surface area contributed by atoms with Crippen molar-refractivity contribution in [3.63, 3.8) is 0 Å². The molecule has 0 unspecified atom stereocenters. The molecule has 0 bridgehead atoms. The lowest BCUT2D eigenvalue weighted by Gasteiger charge is -1.74. The van der Waals surface area contributed by atoms with Gasteiger partial charge in [-0.15, -0.1) is 0 Å². The number of carboxylic acids is 1. The van der Waals surface area contributed by atoms with Crippen molar-refractivity contribution in [3.05, 3.63) is 5.82 Å². The Kier molecular flexibility index (Phi) is 1.44. The summed E-state index contributed by atoms with van der Waals surface area (Å²) in [6.07, 6.45) is 0. The normalized spacial score (nSPS) is 9.20. The highest BCUT2D eigenvalue weighted by molar-refractivity contribution is 5.83. The SMILES string of the molecule is C=Nc1nc(C(=O)O)no1. The van der Waals surface area contributed by atoms with Gasteiger partial charge in [-0.1, -0.05) is 0 Å². The largest absolute Gasteiger partial charge is 0.475 e. The average Bonchev–Trinajstić information content (AvgIpc) is 2.34.